The Morgan fingerprint density at radius 1 is 1.12 bits per heavy atom. The summed E-state index contributed by atoms with van der Waals surface area (Å²) in [7, 11) is 0. The molecule has 3 aliphatic rings. The fraction of sp³-hybridized carbons (Fsp3) is 1.00. The van der Waals surface area contributed by atoms with Gasteiger partial charge in [0.1, 0.15) is 0 Å². The minimum atomic E-state index is -0.492. The highest BCUT2D eigenvalue weighted by Gasteiger charge is 2.45. The van der Waals surface area contributed by atoms with E-state index < -0.39 is 6.29 Å². The van der Waals surface area contributed by atoms with E-state index in [0.717, 1.165) is 24.7 Å². The van der Waals surface area contributed by atoms with Gasteiger partial charge >= 0.3 is 0 Å². The van der Waals surface area contributed by atoms with Crippen molar-refractivity contribution in [3.63, 3.8) is 0 Å². The minimum absolute atomic E-state index is 0.0422. The molecule has 0 aromatic heterocycles. The van der Waals surface area contributed by atoms with Gasteiger partial charge in [0.15, 0.2) is 6.29 Å². The lowest BCUT2D eigenvalue weighted by Crippen LogP contribution is -2.40. The van der Waals surface area contributed by atoms with E-state index in [9.17, 15) is 5.11 Å². The standard InChI is InChI=1S/C15H26O2/c1-15(7-3-2-4-8-15)17-14(16)13-10-11-5-6-12(13)9-11/h11-14,16H,2-10H2,1H3. The van der Waals surface area contributed by atoms with E-state index in [1.807, 2.05) is 0 Å². The summed E-state index contributed by atoms with van der Waals surface area (Å²) in [5.74, 6) is 2.08. The van der Waals surface area contributed by atoms with Gasteiger partial charge < -0.3 is 9.84 Å². The smallest absolute Gasteiger partial charge is 0.158 e. The number of hydrogen-bond acceptors (Lipinski definition) is 2. The summed E-state index contributed by atoms with van der Waals surface area (Å²) in [6, 6.07) is 0. The highest BCUT2D eigenvalue weighted by atomic mass is 16.6. The molecule has 4 unspecified atom stereocenters. The average molecular weight is 238 g/mol. The van der Waals surface area contributed by atoms with Gasteiger partial charge in [-0.15, -0.1) is 0 Å². The molecule has 0 aromatic carbocycles. The zero-order chi connectivity index (χ0) is 11.9. The van der Waals surface area contributed by atoms with Gasteiger partial charge in [0.25, 0.3) is 0 Å². The predicted octanol–water partition coefficient (Wildman–Crippen LogP) is 3.48. The zero-order valence-corrected chi connectivity index (χ0v) is 11.0. The molecule has 2 bridgehead atoms. The van der Waals surface area contributed by atoms with Crippen molar-refractivity contribution in [1.29, 1.82) is 0 Å². The van der Waals surface area contributed by atoms with Crippen molar-refractivity contribution in [1.82, 2.24) is 0 Å². The number of aliphatic hydroxyl groups is 1. The molecule has 98 valence electrons. The number of hydrogen-bond donors (Lipinski definition) is 1. The van der Waals surface area contributed by atoms with Gasteiger partial charge in [0.2, 0.25) is 0 Å². The average Bonchev–Trinajstić information content (AvgIpc) is 2.91. The zero-order valence-electron chi connectivity index (χ0n) is 11.0. The van der Waals surface area contributed by atoms with Crippen molar-refractivity contribution in [2.45, 2.75) is 76.6 Å². The maximum absolute atomic E-state index is 10.4. The Hall–Kier alpha value is -0.0800. The molecule has 4 atom stereocenters. The van der Waals surface area contributed by atoms with Crippen LogP contribution in [0.2, 0.25) is 0 Å². The largest absolute Gasteiger partial charge is 0.368 e. The van der Waals surface area contributed by atoms with Crippen LogP contribution in [0.5, 0.6) is 0 Å². The van der Waals surface area contributed by atoms with Crippen LogP contribution in [0, 0.1) is 17.8 Å². The highest BCUT2D eigenvalue weighted by molar-refractivity contribution is 4.92. The van der Waals surface area contributed by atoms with Crippen LogP contribution in [0.3, 0.4) is 0 Å². The summed E-state index contributed by atoms with van der Waals surface area (Å²) in [5.41, 5.74) is -0.0422. The second-order valence-electron chi connectivity index (χ2n) is 6.86. The third-order valence-corrected chi connectivity index (χ3v) is 5.48. The van der Waals surface area contributed by atoms with Crippen LogP contribution in [-0.4, -0.2) is 17.0 Å². The first-order chi connectivity index (χ1) is 8.16. The Kier molecular flexibility index (Phi) is 3.20. The van der Waals surface area contributed by atoms with Gasteiger partial charge in [-0.1, -0.05) is 25.7 Å². The van der Waals surface area contributed by atoms with E-state index in [4.69, 9.17) is 4.74 Å². The third-order valence-electron chi connectivity index (χ3n) is 5.48. The lowest BCUT2D eigenvalue weighted by atomic mass is 9.85. The Labute approximate surface area is 105 Å². The predicted molar refractivity (Wildman–Crippen MR) is 67.5 cm³/mol. The Bertz CT molecular complexity index is 270. The number of ether oxygens (including phenoxy) is 1. The second kappa shape index (κ2) is 4.55. The van der Waals surface area contributed by atoms with Crippen LogP contribution in [0.15, 0.2) is 0 Å². The third kappa shape index (κ3) is 2.39. The molecule has 2 nitrogen and oxygen atoms in total. The van der Waals surface area contributed by atoms with Gasteiger partial charge in [-0.25, -0.2) is 0 Å². The molecule has 0 aliphatic heterocycles. The van der Waals surface area contributed by atoms with Gasteiger partial charge in [0, 0.05) is 5.92 Å². The van der Waals surface area contributed by atoms with Crippen molar-refractivity contribution in [2.75, 3.05) is 0 Å². The maximum Gasteiger partial charge on any atom is 0.158 e. The number of aliphatic hydroxyl groups excluding tert-OH is 1. The molecule has 0 spiro atoms. The summed E-state index contributed by atoms with van der Waals surface area (Å²) in [6.07, 6.45) is 10.9. The van der Waals surface area contributed by atoms with Gasteiger partial charge in [-0.05, 0) is 50.9 Å². The molecular formula is C15H26O2. The molecule has 2 heteroatoms. The lowest BCUT2D eigenvalue weighted by Gasteiger charge is -2.38. The Morgan fingerprint density at radius 3 is 2.47 bits per heavy atom. The lowest BCUT2D eigenvalue weighted by molar-refractivity contribution is -0.219. The molecule has 17 heavy (non-hydrogen) atoms. The molecule has 3 rings (SSSR count). The first-order valence-electron chi connectivity index (χ1n) is 7.52. The summed E-state index contributed by atoms with van der Waals surface area (Å²) in [6.45, 7) is 2.20. The molecule has 0 saturated heterocycles. The molecule has 3 fully saturated rings. The minimum Gasteiger partial charge on any atom is -0.368 e. The van der Waals surface area contributed by atoms with Crippen molar-refractivity contribution >= 4 is 0 Å². The molecule has 1 N–H and O–H groups in total. The fourth-order valence-corrected chi connectivity index (χ4v) is 4.44. The van der Waals surface area contributed by atoms with E-state index in [1.54, 1.807) is 0 Å². The van der Waals surface area contributed by atoms with Crippen molar-refractivity contribution < 1.29 is 9.84 Å². The van der Waals surface area contributed by atoms with E-state index in [1.165, 1.54) is 44.9 Å². The summed E-state index contributed by atoms with van der Waals surface area (Å²) < 4.78 is 6.07. The van der Waals surface area contributed by atoms with E-state index in [0.29, 0.717) is 5.92 Å². The van der Waals surface area contributed by atoms with Crippen LogP contribution >= 0.6 is 0 Å². The molecule has 0 amide bonds. The highest BCUT2D eigenvalue weighted by Crippen LogP contribution is 2.50. The van der Waals surface area contributed by atoms with E-state index in [2.05, 4.69) is 6.92 Å². The quantitative estimate of drug-likeness (QED) is 0.763. The van der Waals surface area contributed by atoms with Crippen molar-refractivity contribution in [3.05, 3.63) is 0 Å². The first kappa shape index (κ1) is 12.0. The van der Waals surface area contributed by atoms with Gasteiger partial charge in [0.05, 0.1) is 5.60 Å². The number of rotatable bonds is 3. The molecule has 0 radical (unpaired) electrons. The van der Waals surface area contributed by atoms with Crippen LogP contribution in [0.4, 0.5) is 0 Å². The van der Waals surface area contributed by atoms with Crippen LogP contribution in [0.1, 0.15) is 64.7 Å². The van der Waals surface area contributed by atoms with Crippen molar-refractivity contribution in [3.8, 4) is 0 Å². The monoisotopic (exact) mass is 238 g/mol. The normalized spacial score (nSPS) is 41.6. The van der Waals surface area contributed by atoms with E-state index >= 15 is 0 Å². The molecule has 0 heterocycles. The summed E-state index contributed by atoms with van der Waals surface area (Å²) >= 11 is 0. The molecule has 3 aliphatic carbocycles. The fourth-order valence-electron chi connectivity index (χ4n) is 4.44. The Balaban J connectivity index is 1.57. The molecular weight excluding hydrogens is 212 g/mol. The SMILES string of the molecule is CC1(OC(O)C2CC3CCC2C3)CCCCC1. The van der Waals surface area contributed by atoms with Gasteiger partial charge in [-0.3, -0.25) is 0 Å². The summed E-state index contributed by atoms with van der Waals surface area (Å²) in [4.78, 5) is 0. The number of fused-ring (bicyclic) bond motifs is 2. The van der Waals surface area contributed by atoms with Crippen LogP contribution in [0.25, 0.3) is 0 Å². The van der Waals surface area contributed by atoms with Crippen LogP contribution in [-0.2, 0) is 4.74 Å². The maximum atomic E-state index is 10.4. The summed E-state index contributed by atoms with van der Waals surface area (Å²) in [5, 5.41) is 10.4. The molecule has 3 saturated carbocycles. The van der Waals surface area contributed by atoms with Crippen molar-refractivity contribution in [2.24, 2.45) is 17.8 Å². The second-order valence-corrected chi connectivity index (χ2v) is 6.86. The van der Waals surface area contributed by atoms with Crippen LogP contribution < -0.4 is 0 Å². The molecule has 0 aromatic rings. The topological polar surface area (TPSA) is 29.5 Å². The van der Waals surface area contributed by atoms with E-state index in [-0.39, 0.29) is 5.60 Å². The van der Waals surface area contributed by atoms with Gasteiger partial charge in [-0.2, -0.15) is 0 Å². The Morgan fingerprint density at radius 2 is 1.88 bits per heavy atom. The first-order valence-corrected chi connectivity index (χ1v) is 7.52.